The van der Waals surface area contributed by atoms with Gasteiger partial charge in [0.05, 0.1) is 5.69 Å². The van der Waals surface area contributed by atoms with Crippen molar-refractivity contribution in [1.29, 1.82) is 0 Å². The Bertz CT molecular complexity index is 2030. The van der Waals surface area contributed by atoms with E-state index in [-0.39, 0.29) is 0 Å². The van der Waals surface area contributed by atoms with E-state index in [2.05, 4.69) is 133 Å². The minimum Gasteiger partial charge on any atom is -0.256 e. The van der Waals surface area contributed by atoms with E-state index in [1.54, 1.807) is 0 Å². The second-order valence-electron chi connectivity index (χ2n) is 10.6. The lowest BCUT2D eigenvalue weighted by Gasteiger charge is -2.22. The monoisotopic (exact) mass is 509 g/mol. The maximum Gasteiger partial charge on any atom is 0.0737 e. The van der Waals surface area contributed by atoms with Gasteiger partial charge in [-0.25, -0.2) is 0 Å². The molecule has 1 aliphatic rings. The summed E-state index contributed by atoms with van der Waals surface area (Å²) in [5.41, 5.74) is 10.0. The zero-order valence-electron chi connectivity index (χ0n) is 22.1. The van der Waals surface area contributed by atoms with Gasteiger partial charge in [-0.15, -0.1) is 0 Å². The van der Waals surface area contributed by atoms with Gasteiger partial charge in [-0.3, -0.25) is 4.98 Å². The lowest BCUT2D eigenvalue weighted by Crippen LogP contribution is -2.04. The standard InChI is InChI=1S/C39H27N/c1-2-14-30-26(10-1)11-7-19-31(30)27-21-23-28(24-22-27)37-32-15-3-5-17-34(32)38(35-18-6-4-16-33(35)37)36-20-8-12-29-13-9-25-40-39(29)36/h1-7,9-11,13-25H,8,12H2. The fourth-order valence-corrected chi connectivity index (χ4v) is 6.60. The van der Waals surface area contributed by atoms with Gasteiger partial charge in [0.2, 0.25) is 0 Å². The largest absolute Gasteiger partial charge is 0.256 e. The molecule has 1 heterocycles. The summed E-state index contributed by atoms with van der Waals surface area (Å²) >= 11 is 0. The Morgan fingerprint density at radius 3 is 1.80 bits per heavy atom. The highest BCUT2D eigenvalue weighted by atomic mass is 14.7. The van der Waals surface area contributed by atoms with Crippen LogP contribution in [0.2, 0.25) is 0 Å². The molecule has 0 N–H and O–H groups in total. The quantitative estimate of drug-likeness (QED) is 0.216. The zero-order chi connectivity index (χ0) is 26.5. The Kier molecular flexibility index (Phi) is 5.34. The van der Waals surface area contributed by atoms with Crippen LogP contribution >= 0.6 is 0 Å². The molecule has 0 bridgehead atoms. The van der Waals surface area contributed by atoms with Crippen LogP contribution in [0.1, 0.15) is 23.2 Å². The highest BCUT2D eigenvalue weighted by Crippen LogP contribution is 2.44. The number of rotatable bonds is 3. The van der Waals surface area contributed by atoms with Crippen molar-refractivity contribution in [2.45, 2.75) is 12.8 Å². The van der Waals surface area contributed by atoms with Crippen LogP contribution < -0.4 is 0 Å². The molecule has 0 aliphatic heterocycles. The molecule has 1 heteroatoms. The molecule has 1 nitrogen and oxygen atoms in total. The van der Waals surface area contributed by atoms with Gasteiger partial charge in [-0.1, -0.05) is 127 Å². The topological polar surface area (TPSA) is 12.9 Å². The summed E-state index contributed by atoms with van der Waals surface area (Å²) in [6.45, 7) is 0. The van der Waals surface area contributed by atoms with Crippen LogP contribution in [0.5, 0.6) is 0 Å². The minimum absolute atomic E-state index is 1.04. The number of allylic oxidation sites excluding steroid dienone is 1. The van der Waals surface area contributed by atoms with Crippen LogP contribution in [-0.4, -0.2) is 4.98 Å². The number of nitrogens with zero attached hydrogens (tertiary/aromatic N) is 1. The molecule has 1 aromatic heterocycles. The van der Waals surface area contributed by atoms with Crippen LogP contribution in [0.15, 0.2) is 140 Å². The van der Waals surface area contributed by atoms with Crippen molar-refractivity contribution in [2.75, 3.05) is 0 Å². The van der Waals surface area contributed by atoms with Gasteiger partial charge in [0.1, 0.15) is 0 Å². The Morgan fingerprint density at radius 1 is 0.475 bits per heavy atom. The molecule has 40 heavy (non-hydrogen) atoms. The number of hydrogen-bond acceptors (Lipinski definition) is 1. The molecule has 1 aliphatic carbocycles. The summed E-state index contributed by atoms with van der Waals surface area (Å²) < 4.78 is 0. The van der Waals surface area contributed by atoms with Crippen molar-refractivity contribution >= 4 is 37.9 Å². The van der Waals surface area contributed by atoms with Crippen molar-refractivity contribution in [2.24, 2.45) is 0 Å². The second-order valence-corrected chi connectivity index (χ2v) is 10.6. The maximum absolute atomic E-state index is 4.86. The Hall–Kier alpha value is -5.01. The van der Waals surface area contributed by atoms with Gasteiger partial charge in [0, 0.05) is 11.8 Å². The van der Waals surface area contributed by atoms with Crippen LogP contribution in [0.3, 0.4) is 0 Å². The summed E-state index contributed by atoms with van der Waals surface area (Å²) in [6.07, 6.45) is 6.40. The van der Waals surface area contributed by atoms with Crippen molar-refractivity contribution < 1.29 is 0 Å². The van der Waals surface area contributed by atoms with Crippen molar-refractivity contribution in [1.82, 2.24) is 4.98 Å². The molecule has 0 radical (unpaired) electrons. The SMILES string of the molecule is C1=C(c2c3ccccc3c(-c3ccc(-c4cccc5ccccc45)cc3)c3ccccc23)c2ncccc2CC1. The van der Waals surface area contributed by atoms with E-state index < -0.39 is 0 Å². The molecule has 0 amide bonds. The first kappa shape index (κ1) is 22.9. The molecule has 6 aromatic carbocycles. The Balaban J connectivity index is 1.36. The maximum atomic E-state index is 4.86. The molecule has 0 fully saturated rings. The third kappa shape index (κ3) is 3.59. The van der Waals surface area contributed by atoms with E-state index in [9.17, 15) is 0 Å². The van der Waals surface area contributed by atoms with Crippen LogP contribution in [0.4, 0.5) is 0 Å². The van der Waals surface area contributed by atoms with E-state index >= 15 is 0 Å². The van der Waals surface area contributed by atoms with E-state index in [0.717, 1.165) is 18.5 Å². The Labute approximate surface area is 234 Å². The number of hydrogen-bond donors (Lipinski definition) is 0. The first-order valence-corrected chi connectivity index (χ1v) is 14.0. The second kappa shape index (κ2) is 9.32. The molecule has 0 unspecified atom stereocenters. The smallest absolute Gasteiger partial charge is 0.0737 e. The molecule has 8 rings (SSSR count). The third-order valence-corrected chi connectivity index (χ3v) is 8.38. The average molecular weight is 510 g/mol. The first-order chi connectivity index (χ1) is 19.9. The number of aromatic nitrogens is 1. The van der Waals surface area contributed by atoms with E-state index in [4.69, 9.17) is 4.98 Å². The summed E-state index contributed by atoms with van der Waals surface area (Å²) in [6, 6.07) is 46.4. The third-order valence-electron chi connectivity index (χ3n) is 8.38. The van der Waals surface area contributed by atoms with Gasteiger partial charge in [-0.2, -0.15) is 0 Å². The van der Waals surface area contributed by atoms with Crippen molar-refractivity contribution in [3.05, 3.63) is 156 Å². The van der Waals surface area contributed by atoms with Gasteiger partial charge in [-0.05, 0) is 84.6 Å². The molecule has 0 spiro atoms. The van der Waals surface area contributed by atoms with Gasteiger partial charge in [0.25, 0.3) is 0 Å². The van der Waals surface area contributed by atoms with Crippen molar-refractivity contribution in [3.8, 4) is 22.3 Å². The zero-order valence-corrected chi connectivity index (χ0v) is 22.1. The molecular formula is C39H27N. The van der Waals surface area contributed by atoms with Crippen LogP contribution in [-0.2, 0) is 6.42 Å². The highest BCUT2D eigenvalue weighted by Gasteiger charge is 2.22. The molecule has 7 aromatic rings. The van der Waals surface area contributed by atoms with Crippen LogP contribution in [0.25, 0.3) is 60.1 Å². The van der Waals surface area contributed by atoms with Gasteiger partial charge in [0.15, 0.2) is 0 Å². The molecular weight excluding hydrogens is 482 g/mol. The highest BCUT2D eigenvalue weighted by molar-refractivity contribution is 6.20. The van der Waals surface area contributed by atoms with Crippen molar-refractivity contribution in [3.63, 3.8) is 0 Å². The summed E-state index contributed by atoms with van der Waals surface area (Å²) in [5.74, 6) is 0. The summed E-state index contributed by atoms with van der Waals surface area (Å²) in [4.78, 5) is 4.86. The van der Waals surface area contributed by atoms with Gasteiger partial charge < -0.3 is 0 Å². The number of pyridine rings is 1. The molecule has 0 saturated heterocycles. The fourth-order valence-electron chi connectivity index (χ4n) is 6.60. The predicted molar refractivity (Wildman–Crippen MR) is 169 cm³/mol. The summed E-state index contributed by atoms with van der Waals surface area (Å²) in [5, 5.41) is 7.66. The lowest BCUT2D eigenvalue weighted by molar-refractivity contribution is 0.956. The fraction of sp³-hybridized carbons (Fsp3) is 0.0513. The number of fused-ring (bicyclic) bond motifs is 4. The minimum atomic E-state index is 1.04. The van der Waals surface area contributed by atoms with E-state index in [1.165, 1.54) is 71.3 Å². The Morgan fingerprint density at radius 2 is 1.07 bits per heavy atom. The van der Waals surface area contributed by atoms with Gasteiger partial charge >= 0.3 is 0 Å². The molecule has 188 valence electrons. The predicted octanol–water partition coefficient (Wildman–Crippen LogP) is 10.3. The first-order valence-electron chi connectivity index (χ1n) is 14.0. The van der Waals surface area contributed by atoms with Crippen LogP contribution in [0, 0.1) is 0 Å². The van der Waals surface area contributed by atoms with E-state index in [1.807, 2.05) is 6.20 Å². The number of aryl methyl sites for hydroxylation is 1. The molecule has 0 atom stereocenters. The summed E-state index contributed by atoms with van der Waals surface area (Å²) in [7, 11) is 0. The number of benzene rings is 6. The normalized spacial score (nSPS) is 12.9. The average Bonchev–Trinajstić information content (AvgIpc) is 3.03. The molecule has 0 saturated carbocycles. The van der Waals surface area contributed by atoms with E-state index in [0.29, 0.717) is 0 Å². The lowest BCUT2D eigenvalue weighted by atomic mass is 9.82.